The first kappa shape index (κ1) is 17.1. The van der Waals surface area contributed by atoms with E-state index < -0.39 is 0 Å². The standard InChI is InChI=1S/C19H21N3O3/c1-22(14-7-3-2-4-8-14)19(24)17-11-5-10-16(21-17)18(23)20-13-15-9-6-12-25-15/h2-5,7-8,10-11,15H,6,9,12-13H2,1H3,(H,20,23). The highest BCUT2D eigenvalue weighted by atomic mass is 16.5. The van der Waals surface area contributed by atoms with Gasteiger partial charge in [-0.3, -0.25) is 9.59 Å². The zero-order valence-corrected chi connectivity index (χ0v) is 14.1. The maximum Gasteiger partial charge on any atom is 0.276 e. The molecule has 0 radical (unpaired) electrons. The highest BCUT2D eigenvalue weighted by molar-refractivity contribution is 6.05. The molecule has 0 spiro atoms. The van der Waals surface area contributed by atoms with Crippen molar-refractivity contribution in [2.24, 2.45) is 0 Å². The number of amides is 2. The highest BCUT2D eigenvalue weighted by Crippen LogP contribution is 2.14. The molecule has 1 fully saturated rings. The molecule has 1 aliphatic rings. The van der Waals surface area contributed by atoms with Gasteiger partial charge in [-0.1, -0.05) is 24.3 Å². The maximum atomic E-state index is 12.6. The molecule has 0 bridgehead atoms. The first-order chi connectivity index (χ1) is 12.1. The van der Waals surface area contributed by atoms with Crippen LogP contribution >= 0.6 is 0 Å². The lowest BCUT2D eigenvalue weighted by Gasteiger charge is -2.17. The summed E-state index contributed by atoms with van der Waals surface area (Å²) >= 11 is 0. The van der Waals surface area contributed by atoms with E-state index in [9.17, 15) is 9.59 Å². The molecule has 2 heterocycles. The molecule has 1 aromatic heterocycles. The molecule has 1 N–H and O–H groups in total. The van der Waals surface area contributed by atoms with E-state index in [0.717, 1.165) is 25.1 Å². The van der Waals surface area contributed by atoms with Crippen LogP contribution in [-0.2, 0) is 4.74 Å². The van der Waals surface area contributed by atoms with Gasteiger partial charge in [-0.05, 0) is 37.1 Å². The Morgan fingerprint density at radius 2 is 1.92 bits per heavy atom. The van der Waals surface area contributed by atoms with Crippen LogP contribution < -0.4 is 10.2 Å². The molecule has 6 heteroatoms. The molecule has 130 valence electrons. The SMILES string of the molecule is CN(C(=O)c1cccc(C(=O)NCC2CCCO2)n1)c1ccccc1. The number of nitrogens with zero attached hydrogens (tertiary/aromatic N) is 2. The van der Waals surface area contributed by atoms with Crippen molar-refractivity contribution in [2.75, 3.05) is 25.1 Å². The molecule has 0 aliphatic carbocycles. The molecule has 1 unspecified atom stereocenters. The fourth-order valence-corrected chi connectivity index (χ4v) is 2.72. The Labute approximate surface area is 146 Å². The van der Waals surface area contributed by atoms with Gasteiger partial charge in [-0.2, -0.15) is 0 Å². The smallest absolute Gasteiger partial charge is 0.276 e. The van der Waals surface area contributed by atoms with Gasteiger partial charge >= 0.3 is 0 Å². The van der Waals surface area contributed by atoms with Gasteiger partial charge in [0.15, 0.2) is 0 Å². The van der Waals surface area contributed by atoms with Crippen LogP contribution in [0, 0.1) is 0 Å². The predicted octanol–water partition coefficient (Wildman–Crippen LogP) is 2.27. The molecule has 2 aromatic rings. The monoisotopic (exact) mass is 339 g/mol. The van der Waals surface area contributed by atoms with Gasteiger partial charge in [0.2, 0.25) is 0 Å². The van der Waals surface area contributed by atoms with Gasteiger partial charge in [0.1, 0.15) is 11.4 Å². The number of nitrogens with one attached hydrogen (secondary N) is 1. The van der Waals surface area contributed by atoms with Crippen molar-refractivity contribution in [1.82, 2.24) is 10.3 Å². The number of rotatable bonds is 5. The fourth-order valence-electron chi connectivity index (χ4n) is 2.72. The van der Waals surface area contributed by atoms with E-state index in [0.29, 0.717) is 6.54 Å². The number of hydrogen-bond donors (Lipinski definition) is 1. The molecule has 3 rings (SSSR count). The molecular formula is C19H21N3O3. The second-order valence-electron chi connectivity index (χ2n) is 5.95. The van der Waals surface area contributed by atoms with E-state index in [1.54, 1.807) is 25.2 Å². The first-order valence-electron chi connectivity index (χ1n) is 8.35. The third-order valence-electron chi connectivity index (χ3n) is 4.16. The quantitative estimate of drug-likeness (QED) is 0.907. The summed E-state index contributed by atoms with van der Waals surface area (Å²) < 4.78 is 5.49. The number of benzene rings is 1. The van der Waals surface area contributed by atoms with E-state index >= 15 is 0 Å². The zero-order chi connectivity index (χ0) is 17.6. The van der Waals surface area contributed by atoms with Gasteiger partial charge < -0.3 is 15.0 Å². The number of pyridine rings is 1. The molecule has 25 heavy (non-hydrogen) atoms. The average molecular weight is 339 g/mol. The summed E-state index contributed by atoms with van der Waals surface area (Å²) in [5.41, 5.74) is 1.23. The van der Waals surface area contributed by atoms with Crippen LogP contribution in [0.1, 0.15) is 33.8 Å². The summed E-state index contributed by atoms with van der Waals surface area (Å²) in [6.07, 6.45) is 2.04. The minimum Gasteiger partial charge on any atom is -0.376 e. The van der Waals surface area contributed by atoms with Gasteiger partial charge in [0.25, 0.3) is 11.8 Å². The fraction of sp³-hybridized carbons (Fsp3) is 0.316. The molecule has 0 saturated carbocycles. The van der Waals surface area contributed by atoms with Crippen molar-refractivity contribution in [3.63, 3.8) is 0 Å². The average Bonchev–Trinajstić information content (AvgIpc) is 3.19. The van der Waals surface area contributed by atoms with Crippen LogP contribution in [0.5, 0.6) is 0 Å². The third kappa shape index (κ3) is 4.22. The number of carbonyl (C=O) groups is 2. The number of aromatic nitrogens is 1. The second kappa shape index (κ2) is 7.90. The van der Waals surface area contributed by atoms with Crippen LogP contribution in [0.3, 0.4) is 0 Å². The van der Waals surface area contributed by atoms with Crippen molar-refractivity contribution >= 4 is 17.5 Å². The van der Waals surface area contributed by atoms with Crippen LogP contribution in [-0.4, -0.2) is 43.1 Å². The van der Waals surface area contributed by atoms with Gasteiger partial charge in [0, 0.05) is 25.9 Å². The molecule has 1 atom stereocenters. The van der Waals surface area contributed by atoms with Crippen LogP contribution in [0.4, 0.5) is 5.69 Å². The summed E-state index contributed by atoms with van der Waals surface area (Å²) in [5, 5.41) is 2.82. The summed E-state index contributed by atoms with van der Waals surface area (Å²) in [6.45, 7) is 1.21. The minimum atomic E-state index is -0.299. The van der Waals surface area contributed by atoms with Gasteiger partial charge in [0.05, 0.1) is 6.10 Å². The number of carbonyl (C=O) groups excluding carboxylic acids is 2. The largest absolute Gasteiger partial charge is 0.376 e. The van der Waals surface area contributed by atoms with Crippen LogP contribution in [0.15, 0.2) is 48.5 Å². The lowest BCUT2D eigenvalue weighted by molar-refractivity contribution is 0.0853. The Balaban J connectivity index is 1.67. The lowest BCUT2D eigenvalue weighted by atomic mass is 10.2. The van der Waals surface area contributed by atoms with Crippen molar-refractivity contribution in [3.05, 3.63) is 59.9 Å². The maximum absolute atomic E-state index is 12.6. The highest BCUT2D eigenvalue weighted by Gasteiger charge is 2.19. The summed E-state index contributed by atoms with van der Waals surface area (Å²) in [4.78, 5) is 30.6. The number of anilines is 1. The Morgan fingerprint density at radius 1 is 1.16 bits per heavy atom. The molecular weight excluding hydrogens is 318 g/mol. The molecule has 6 nitrogen and oxygen atoms in total. The molecule has 1 aliphatic heterocycles. The first-order valence-corrected chi connectivity index (χ1v) is 8.35. The number of ether oxygens (including phenoxy) is 1. The second-order valence-corrected chi connectivity index (χ2v) is 5.95. The zero-order valence-electron chi connectivity index (χ0n) is 14.1. The number of hydrogen-bond acceptors (Lipinski definition) is 4. The van der Waals surface area contributed by atoms with E-state index in [1.807, 2.05) is 30.3 Å². The number of para-hydroxylation sites is 1. The predicted molar refractivity (Wildman–Crippen MR) is 94.7 cm³/mol. The summed E-state index contributed by atoms with van der Waals surface area (Å²) in [7, 11) is 1.68. The topological polar surface area (TPSA) is 71.5 Å². The van der Waals surface area contributed by atoms with Gasteiger partial charge in [-0.25, -0.2) is 4.98 Å². The van der Waals surface area contributed by atoms with E-state index in [4.69, 9.17) is 4.74 Å². The van der Waals surface area contributed by atoms with Crippen molar-refractivity contribution in [3.8, 4) is 0 Å². The lowest BCUT2D eigenvalue weighted by Crippen LogP contribution is -2.33. The van der Waals surface area contributed by atoms with Crippen molar-refractivity contribution in [2.45, 2.75) is 18.9 Å². The molecule has 1 aromatic carbocycles. The Bertz CT molecular complexity index is 743. The Morgan fingerprint density at radius 3 is 2.64 bits per heavy atom. The minimum absolute atomic E-state index is 0.0676. The van der Waals surface area contributed by atoms with Crippen molar-refractivity contribution < 1.29 is 14.3 Å². The van der Waals surface area contributed by atoms with Crippen LogP contribution in [0.25, 0.3) is 0 Å². The summed E-state index contributed by atoms with van der Waals surface area (Å²) in [6, 6.07) is 14.2. The third-order valence-corrected chi connectivity index (χ3v) is 4.16. The molecule has 1 saturated heterocycles. The Kier molecular flexibility index (Phi) is 5.40. The van der Waals surface area contributed by atoms with E-state index in [1.165, 1.54) is 4.90 Å². The van der Waals surface area contributed by atoms with E-state index in [-0.39, 0.29) is 29.3 Å². The van der Waals surface area contributed by atoms with E-state index in [2.05, 4.69) is 10.3 Å². The normalized spacial score (nSPS) is 16.4. The van der Waals surface area contributed by atoms with Crippen LogP contribution in [0.2, 0.25) is 0 Å². The molecule has 2 amide bonds. The summed E-state index contributed by atoms with van der Waals surface area (Å²) in [5.74, 6) is -0.563. The van der Waals surface area contributed by atoms with Crippen molar-refractivity contribution in [1.29, 1.82) is 0 Å². The van der Waals surface area contributed by atoms with Gasteiger partial charge in [-0.15, -0.1) is 0 Å². The Hall–Kier alpha value is -2.73.